The zero-order valence-corrected chi connectivity index (χ0v) is 16.4. The molecule has 7 nitrogen and oxygen atoms in total. The van der Waals surface area contributed by atoms with Crippen LogP contribution < -0.4 is 16.0 Å². The number of guanidine groups is 1. The predicted octanol–water partition coefficient (Wildman–Crippen LogP) is 1.59. The highest BCUT2D eigenvalue weighted by atomic mass is 79.9. The first kappa shape index (κ1) is 18.7. The third kappa shape index (κ3) is 4.17. The number of amides is 3. The number of carbonyl (C=O) groups is 2. The van der Waals surface area contributed by atoms with Gasteiger partial charge in [0.2, 0.25) is 5.91 Å². The zero-order valence-electron chi connectivity index (χ0n) is 14.8. The van der Waals surface area contributed by atoms with Crippen molar-refractivity contribution in [2.24, 2.45) is 4.99 Å². The molecule has 3 N–H and O–H groups in total. The normalized spacial score (nSPS) is 18.7. The van der Waals surface area contributed by atoms with E-state index in [1.807, 2.05) is 13.0 Å². The Morgan fingerprint density at radius 3 is 2.69 bits per heavy atom. The molecule has 0 aromatic heterocycles. The van der Waals surface area contributed by atoms with Gasteiger partial charge in [-0.3, -0.25) is 14.7 Å². The summed E-state index contributed by atoms with van der Waals surface area (Å²) in [4.78, 5) is 29.1. The molecule has 0 bridgehead atoms. The molecule has 3 rings (SSSR count). The van der Waals surface area contributed by atoms with Gasteiger partial charge in [-0.15, -0.1) is 0 Å². The van der Waals surface area contributed by atoms with Crippen molar-refractivity contribution in [1.29, 1.82) is 0 Å². The average molecular weight is 422 g/mol. The predicted molar refractivity (Wildman–Crippen MR) is 104 cm³/mol. The molecule has 2 aliphatic rings. The van der Waals surface area contributed by atoms with E-state index in [-0.39, 0.29) is 23.9 Å². The third-order valence-electron chi connectivity index (χ3n) is 4.75. The number of imide groups is 1. The molecular weight excluding hydrogens is 398 g/mol. The molecule has 1 saturated heterocycles. The molecule has 3 amide bonds. The number of rotatable bonds is 7. The number of urea groups is 1. The van der Waals surface area contributed by atoms with Crippen LogP contribution in [-0.2, 0) is 10.2 Å². The first-order chi connectivity index (χ1) is 12.6. The molecule has 0 atom stereocenters. The second kappa shape index (κ2) is 8.07. The van der Waals surface area contributed by atoms with Crippen LogP contribution in [0.25, 0.3) is 0 Å². The van der Waals surface area contributed by atoms with Gasteiger partial charge in [-0.2, -0.15) is 0 Å². The van der Waals surface area contributed by atoms with Gasteiger partial charge in [0.1, 0.15) is 0 Å². The lowest BCUT2D eigenvalue weighted by Gasteiger charge is -2.18. The van der Waals surface area contributed by atoms with Crippen molar-refractivity contribution < 1.29 is 9.59 Å². The summed E-state index contributed by atoms with van der Waals surface area (Å²) >= 11 is 3.65. The van der Waals surface area contributed by atoms with Crippen LogP contribution in [0.4, 0.5) is 4.79 Å². The Balaban J connectivity index is 1.58. The second-order valence-corrected chi connectivity index (χ2v) is 7.44. The van der Waals surface area contributed by atoms with E-state index >= 15 is 0 Å². The summed E-state index contributed by atoms with van der Waals surface area (Å²) < 4.78 is 1.13. The van der Waals surface area contributed by atoms with Crippen molar-refractivity contribution in [3.05, 3.63) is 34.3 Å². The van der Waals surface area contributed by atoms with E-state index in [0.29, 0.717) is 25.6 Å². The van der Waals surface area contributed by atoms with Crippen LogP contribution in [0.3, 0.4) is 0 Å². The highest BCUT2D eigenvalue weighted by molar-refractivity contribution is 9.10. The number of hydrogen-bond acceptors (Lipinski definition) is 3. The van der Waals surface area contributed by atoms with Gasteiger partial charge in [0.25, 0.3) is 0 Å². The number of halogens is 1. The monoisotopic (exact) mass is 421 g/mol. The first-order valence-electron chi connectivity index (χ1n) is 8.91. The van der Waals surface area contributed by atoms with Gasteiger partial charge in [-0.05, 0) is 31.4 Å². The van der Waals surface area contributed by atoms with Crippen LogP contribution in [0.1, 0.15) is 25.3 Å². The summed E-state index contributed by atoms with van der Waals surface area (Å²) in [6.07, 6.45) is 2.25. The van der Waals surface area contributed by atoms with Crippen molar-refractivity contribution in [3.8, 4) is 0 Å². The summed E-state index contributed by atoms with van der Waals surface area (Å²) in [5, 5.41) is 8.95. The number of carbonyl (C=O) groups excluding carboxylic acids is 2. The molecule has 1 heterocycles. The summed E-state index contributed by atoms with van der Waals surface area (Å²) in [5.41, 5.74) is 1.41. The Hall–Kier alpha value is -2.09. The van der Waals surface area contributed by atoms with Gasteiger partial charge >= 0.3 is 6.03 Å². The molecular formula is C18H24BrN5O2. The zero-order chi connectivity index (χ0) is 18.6. The fourth-order valence-electron chi connectivity index (χ4n) is 3.09. The fourth-order valence-corrected chi connectivity index (χ4v) is 3.80. The van der Waals surface area contributed by atoms with Crippen molar-refractivity contribution in [3.63, 3.8) is 0 Å². The van der Waals surface area contributed by atoms with Crippen molar-refractivity contribution in [2.75, 3.05) is 32.7 Å². The van der Waals surface area contributed by atoms with Crippen molar-refractivity contribution in [1.82, 2.24) is 20.9 Å². The second-order valence-electron chi connectivity index (χ2n) is 6.59. The van der Waals surface area contributed by atoms with Crippen LogP contribution in [0.2, 0.25) is 0 Å². The minimum absolute atomic E-state index is 0.0848. The smallest absolute Gasteiger partial charge is 0.324 e. The number of nitrogens with zero attached hydrogens (tertiary/aromatic N) is 2. The van der Waals surface area contributed by atoms with Crippen LogP contribution >= 0.6 is 15.9 Å². The number of nitrogens with one attached hydrogen (secondary N) is 3. The van der Waals surface area contributed by atoms with E-state index in [4.69, 9.17) is 4.99 Å². The maximum absolute atomic E-state index is 11.6. The summed E-state index contributed by atoms with van der Waals surface area (Å²) in [7, 11) is 0. The Morgan fingerprint density at radius 1 is 1.31 bits per heavy atom. The Morgan fingerprint density at radius 2 is 2.08 bits per heavy atom. The summed E-state index contributed by atoms with van der Waals surface area (Å²) in [6, 6.07) is 7.98. The molecule has 2 fully saturated rings. The summed E-state index contributed by atoms with van der Waals surface area (Å²) in [5.74, 6) is 0.516. The maximum Gasteiger partial charge on any atom is 0.324 e. The highest BCUT2D eigenvalue weighted by Crippen LogP contribution is 2.50. The SMILES string of the molecule is CCNC(=NCC1(c2ccccc2Br)CC1)NCCN1C(=O)CNC1=O. The minimum Gasteiger partial charge on any atom is -0.357 e. The molecule has 8 heteroatoms. The van der Waals surface area contributed by atoms with E-state index < -0.39 is 0 Å². The molecule has 1 aromatic carbocycles. The topological polar surface area (TPSA) is 85.8 Å². The number of hydrogen-bond donors (Lipinski definition) is 3. The van der Waals surface area contributed by atoms with E-state index in [9.17, 15) is 9.59 Å². The fraction of sp³-hybridized carbons (Fsp3) is 0.500. The Bertz CT molecular complexity index is 701. The van der Waals surface area contributed by atoms with E-state index in [1.54, 1.807) is 0 Å². The van der Waals surface area contributed by atoms with E-state index in [1.165, 1.54) is 10.5 Å². The first-order valence-corrected chi connectivity index (χ1v) is 9.70. The van der Waals surface area contributed by atoms with Crippen LogP contribution in [0, 0.1) is 0 Å². The van der Waals surface area contributed by atoms with E-state index in [2.05, 4.69) is 50.1 Å². The lowest BCUT2D eigenvalue weighted by Crippen LogP contribution is -2.43. The molecule has 0 spiro atoms. The molecule has 0 radical (unpaired) electrons. The largest absolute Gasteiger partial charge is 0.357 e. The van der Waals surface area contributed by atoms with Crippen LogP contribution in [0.15, 0.2) is 33.7 Å². The van der Waals surface area contributed by atoms with Crippen molar-refractivity contribution in [2.45, 2.75) is 25.2 Å². The lowest BCUT2D eigenvalue weighted by molar-refractivity contribution is -0.124. The lowest BCUT2D eigenvalue weighted by atomic mass is 9.96. The van der Waals surface area contributed by atoms with Gasteiger partial charge in [-0.25, -0.2) is 4.79 Å². The molecule has 26 heavy (non-hydrogen) atoms. The Kier molecular flexibility index (Phi) is 5.80. The van der Waals surface area contributed by atoms with Gasteiger partial charge in [0, 0.05) is 29.5 Å². The number of benzene rings is 1. The molecule has 1 aliphatic heterocycles. The number of aliphatic imine (C=N–C) groups is 1. The van der Waals surface area contributed by atoms with Crippen LogP contribution in [0.5, 0.6) is 0 Å². The molecule has 1 aromatic rings. The van der Waals surface area contributed by atoms with Gasteiger partial charge < -0.3 is 16.0 Å². The van der Waals surface area contributed by atoms with Gasteiger partial charge in [0.05, 0.1) is 13.1 Å². The minimum atomic E-state index is -0.329. The standard InChI is InChI=1S/C18H24BrN5O2/c1-2-20-16(21-9-10-24-15(25)11-22-17(24)26)23-12-18(7-8-18)13-5-3-4-6-14(13)19/h3-6H,2,7-12H2,1H3,(H,22,26)(H2,20,21,23). The van der Waals surface area contributed by atoms with E-state index in [0.717, 1.165) is 23.9 Å². The highest BCUT2D eigenvalue weighted by Gasteiger charge is 2.45. The van der Waals surface area contributed by atoms with Crippen molar-refractivity contribution >= 4 is 33.8 Å². The van der Waals surface area contributed by atoms with Crippen LogP contribution in [-0.4, -0.2) is 55.5 Å². The summed E-state index contributed by atoms with van der Waals surface area (Å²) in [6.45, 7) is 4.33. The average Bonchev–Trinajstić information content (AvgIpc) is 3.35. The Labute approximate surface area is 161 Å². The maximum atomic E-state index is 11.6. The quantitative estimate of drug-likeness (QED) is 0.354. The molecule has 140 valence electrons. The van der Waals surface area contributed by atoms with Gasteiger partial charge in [0.15, 0.2) is 5.96 Å². The third-order valence-corrected chi connectivity index (χ3v) is 5.44. The molecule has 1 aliphatic carbocycles. The molecule has 0 unspecified atom stereocenters. The van der Waals surface area contributed by atoms with Gasteiger partial charge in [-0.1, -0.05) is 34.1 Å². The molecule has 1 saturated carbocycles.